The summed E-state index contributed by atoms with van der Waals surface area (Å²) in [7, 11) is 0. The number of rotatable bonds is 6. The zero-order valence-corrected chi connectivity index (χ0v) is 24.1. The van der Waals surface area contributed by atoms with Gasteiger partial charge in [0.15, 0.2) is 5.82 Å². The van der Waals surface area contributed by atoms with Gasteiger partial charge in [-0.1, -0.05) is 35.5 Å². The molecule has 3 fully saturated rings. The maximum atomic E-state index is 13.4. The van der Waals surface area contributed by atoms with Gasteiger partial charge in [0.1, 0.15) is 11.2 Å². The van der Waals surface area contributed by atoms with E-state index in [0.717, 1.165) is 32.1 Å². The van der Waals surface area contributed by atoms with Gasteiger partial charge in [0, 0.05) is 37.5 Å². The second-order valence-electron chi connectivity index (χ2n) is 13.4. The van der Waals surface area contributed by atoms with Gasteiger partial charge in [0.2, 0.25) is 5.89 Å². The van der Waals surface area contributed by atoms with Crippen molar-refractivity contribution in [1.29, 1.82) is 0 Å². The van der Waals surface area contributed by atoms with Gasteiger partial charge in [-0.15, -0.1) is 0 Å². The molecule has 1 aliphatic heterocycles. The summed E-state index contributed by atoms with van der Waals surface area (Å²) >= 11 is 0. The quantitative estimate of drug-likeness (QED) is 0.444. The van der Waals surface area contributed by atoms with Crippen LogP contribution in [0.2, 0.25) is 0 Å². The topological polar surface area (TPSA) is 98.0 Å². The van der Waals surface area contributed by atoms with Crippen LogP contribution in [0.25, 0.3) is 0 Å². The molecule has 0 spiro atoms. The molecule has 0 unspecified atom stereocenters. The Morgan fingerprint density at radius 1 is 1.03 bits per heavy atom. The molecule has 9 heteroatoms. The molecule has 9 nitrogen and oxygen atoms in total. The van der Waals surface area contributed by atoms with Crippen LogP contribution < -0.4 is 0 Å². The average molecular weight is 539 g/mol. The van der Waals surface area contributed by atoms with E-state index in [4.69, 9.17) is 19.0 Å². The van der Waals surface area contributed by atoms with Crippen molar-refractivity contribution in [2.75, 3.05) is 19.6 Å². The minimum atomic E-state index is -0.573. The van der Waals surface area contributed by atoms with Crippen molar-refractivity contribution in [1.82, 2.24) is 19.9 Å². The van der Waals surface area contributed by atoms with E-state index in [1.54, 1.807) is 4.90 Å². The van der Waals surface area contributed by atoms with Crippen LogP contribution in [-0.2, 0) is 14.9 Å². The maximum absolute atomic E-state index is 13.4. The number of carbonyl (C=O) groups excluding carboxylic acids is 2. The molecule has 1 saturated heterocycles. The molecule has 2 aliphatic carbocycles. The van der Waals surface area contributed by atoms with E-state index in [0.29, 0.717) is 37.3 Å². The van der Waals surface area contributed by atoms with Crippen LogP contribution in [-0.4, -0.2) is 69.0 Å². The SMILES string of the molecule is CC(C)(C)OC(=O)N1CCC(c2nc(C3(CN(C(=O)OC(C)(C)C)[C@@H]4C[C@H]4c4ccccc4)CC3)no2)CC1. The van der Waals surface area contributed by atoms with Crippen LogP contribution in [0.5, 0.6) is 0 Å². The fraction of sp³-hybridized carbons (Fsp3) is 0.667. The molecule has 212 valence electrons. The molecule has 2 atom stereocenters. The fourth-order valence-corrected chi connectivity index (χ4v) is 5.40. The van der Waals surface area contributed by atoms with Crippen LogP contribution in [0.1, 0.15) is 103 Å². The second kappa shape index (κ2) is 10.1. The zero-order chi connectivity index (χ0) is 28.0. The summed E-state index contributed by atoms with van der Waals surface area (Å²) in [5.74, 6) is 1.72. The molecule has 2 heterocycles. The molecule has 0 bridgehead atoms. The van der Waals surface area contributed by atoms with Crippen molar-refractivity contribution in [3.05, 3.63) is 47.6 Å². The first kappa shape index (κ1) is 27.5. The van der Waals surface area contributed by atoms with Gasteiger partial charge in [-0.25, -0.2) is 9.59 Å². The van der Waals surface area contributed by atoms with Crippen molar-refractivity contribution in [3.63, 3.8) is 0 Å². The van der Waals surface area contributed by atoms with Gasteiger partial charge >= 0.3 is 12.2 Å². The Balaban J connectivity index is 1.25. The summed E-state index contributed by atoms with van der Waals surface area (Å²) in [6.07, 6.45) is 3.68. The van der Waals surface area contributed by atoms with Gasteiger partial charge in [-0.05, 0) is 79.2 Å². The number of amides is 2. The van der Waals surface area contributed by atoms with E-state index in [2.05, 4.69) is 17.3 Å². The number of likely N-dealkylation sites (tertiary alicyclic amines) is 1. The largest absolute Gasteiger partial charge is 0.444 e. The molecule has 5 rings (SSSR count). The first-order chi connectivity index (χ1) is 18.3. The molecule has 39 heavy (non-hydrogen) atoms. The molecular weight excluding hydrogens is 496 g/mol. The summed E-state index contributed by atoms with van der Waals surface area (Å²) < 4.78 is 17.1. The Bertz CT molecular complexity index is 1170. The van der Waals surface area contributed by atoms with E-state index in [1.165, 1.54) is 5.56 Å². The lowest BCUT2D eigenvalue weighted by atomic mass is 9.97. The van der Waals surface area contributed by atoms with Crippen LogP contribution in [0.3, 0.4) is 0 Å². The van der Waals surface area contributed by atoms with Gasteiger partial charge in [0.05, 0.1) is 5.41 Å². The Morgan fingerprint density at radius 2 is 1.67 bits per heavy atom. The molecule has 2 aromatic rings. The summed E-state index contributed by atoms with van der Waals surface area (Å²) in [4.78, 5) is 34.3. The van der Waals surface area contributed by atoms with Crippen LogP contribution >= 0.6 is 0 Å². The molecule has 1 aromatic carbocycles. The highest BCUT2D eigenvalue weighted by atomic mass is 16.6. The summed E-state index contributed by atoms with van der Waals surface area (Å²) in [6, 6.07) is 10.5. The molecule has 1 aromatic heterocycles. The lowest BCUT2D eigenvalue weighted by molar-refractivity contribution is 0.0192. The number of piperidine rings is 1. The van der Waals surface area contributed by atoms with E-state index in [-0.39, 0.29) is 29.6 Å². The molecule has 2 saturated carbocycles. The monoisotopic (exact) mass is 538 g/mol. The Kier molecular flexibility index (Phi) is 7.14. The predicted octanol–water partition coefficient (Wildman–Crippen LogP) is 6.01. The Labute approximate surface area is 231 Å². The first-order valence-electron chi connectivity index (χ1n) is 14.2. The van der Waals surface area contributed by atoms with Crippen LogP contribution in [0.4, 0.5) is 9.59 Å². The third-order valence-electron chi connectivity index (χ3n) is 7.75. The number of ether oxygens (including phenoxy) is 2. The highest BCUT2D eigenvalue weighted by molar-refractivity contribution is 5.70. The number of carbonyl (C=O) groups is 2. The maximum Gasteiger partial charge on any atom is 0.410 e. The van der Waals surface area contributed by atoms with Crippen LogP contribution in [0.15, 0.2) is 34.9 Å². The number of hydrogen-bond donors (Lipinski definition) is 0. The normalized spacial score (nSPS) is 22.8. The van der Waals surface area contributed by atoms with Gasteiger partial charge in [-0.2, -0.15) is 4.98 Å². The Hall–Kier alpha value is -3.10. The van der Waals surface area contributed by atoms with Gasteiger partial charge in [-0.3, -0.25) is 0 Å². The number of nitrogens with zero attached hydrogens (tertiary/aromatic N) is 4. The molecule has 2 amide bonds. The third kappa shape index (κ3) is 6.56. The van der Waals surface area contributed by atoms with E-state index >= 15 is 0 Å². The lowest BCUT2D eigenvalue weighted by Gasteiger charge is -2.32. The van der Waals surface area contributed by atoms with Crippen molar-refractivity contribution < 1.29 is 23.6 Å². The highest BCUT2D eigenvalue weighted by Gasteiger charge is 2.55. The molecular formula is C30H42N4O5. The molecule has 3 aliphatic rings. The molecule has 0 radical (unpaired) electrons. The van der Waals surface area contributed by atoms with E-state index in [1.807, 2.05) is 64.6 Å². The highest BCUT2D eigenvalue weighted by Crippen LogP contribution is 2.52. The number of aromatic nitrogens is 2. The Morgan fingerprint density at radius 3 is 2.26 bits per heavy atom. The zero-order valence-electron chi connectivity index (χ0n) is 24.1. The summed E-state index contributed by atoms with van der Waals surface area (Å²) in [6.45, 7) is 13.0. The minimum Gasteiger partial charge on any atom is -0.444 e. The number of hydrogen-bond acceptors (Lipinski definition) is 7. The average Bonchev–Trinajstić information content (AvgIpc) is 3.77. The van der Waals surface area contributed by atoms with Gasteiger partial charge in [0.25, 0.3) is 0 Å². The predicted molar refractivity (Wildman–Crippen MR) is 146 cm³/mol. The van der Waals surface area contributed by atoms with Crippen molar-refractivity contribution >= 4 is 12.2 Å². The van der Waals surface area contributed by atoms with E-state index < -0.39 is 11.2 Å². The second-order valence-corrected chi connectivity index (χ2v) is 13.4. The van der Waals surface area contributed by atoms with Gasteiger partial charge < -0.3 is 23.8 Å². The standard InChI is InChI=1S/C30H42N4O5/c1-28(2,3)37-26(35)33-16-12-21(13-17-33)24-31-25(32-39-24)30(14-15-30)19-34(27(36)38-29(4,5)6)23-18-22(23)20-10-8-7-9-11-20/h7-11,21-23H,12-19H2,1-6H3/t22-,23+/m0/s1. The lowest BCUT2D eigenvalue weighted by Crippen LogP contribution is -2.43. The van der Waals surface area contributed by atoms with Crippen LogP contribution in [0, 0.1) is 0 Å². The molecule has 0 N–H and O–H groups in total. The number of benzene rings is 1. The van der Waals surface area contributed by atoms with Crippen molar-refractivity contribution in [2.24, 2.45) is 0 Å². The smallest absolute Gasteiger partial charge is 0.410 e. The fourth-order valence-electron chi connectivity index (χ4n) is 5.40. The minimum absolute atomic E-state index is 0.100. The summed E-state index contributed by atoms with van der Waals surface area (Å²) in [5.41, 5.74) is -0.139. The summed E-state index contributed by atoms with van der Waals surface area (Å²) in [5, 5.41) is 4.40. The first-order valence-corrected chi connectivity index (χ1v) is 14.2. The van der Waals surface area contributed by atoms with Crippen molar-refractivity contribution in [3.8, 4) is 0 Å². The van der Waals surface area contributed by atoms with Crippen molar-refractivity contribution in [2.45, 2.75) is 108 Å². The third-order valence-corrected chi connectivity index (χ3v) is 7.75. The van der Waals surface area contributed by atoms with E-state index in [9.17, 15) is 9.59 Å².